The van der Waals surface area contributed by atoms with Crippen LogP contribution in [0.3, 0.4) is 0 Å². The zero-order chi connectivity index (χ0) is 14.8. The number of aromatic nitrogens is 2. The molecule has 0 radical (unpaired) electrons. The summed E-state index contributed by atoms with van der Waals surface area (Å²) in [6, 6.07) is 10.2. The van der Waals surface area contributed by atoms with E-state index in [0.29, 0.717) is 0 Å². The lowest BCUT2D eigenvalue weighted by molar-refractivity contribution is 0.0504. The summed E-state index contributed by atoms with van der Waals surface area (Å²) in [7, 11) is 1.89. The highest BCUT2D eigenvalue weighted by molar-refractivity contribution is 5.68. The first kappa shape index (κ1) is 14.0. The van der Waals surface area contributed by atoms with E-state index in [9.17, 15) is 0 Å². The molecule has 0 spiro atoms. The van der Waals surface area contributed by atoms with Gasteiger partial charge >= 0.3 is 0 Å². The number of nitrogens with one attached hydrogen (secondary N) is 1. The second-order valence-electron chi connectivity index (χ2n) is 5.53. The quantitative estimate of drug-likeness (QED) is 0.932. The molecule has 1 saturated heterocycles. The molecule has 1 aliphatic heterocycles. The molecular formula is C17H21N3O. The molecule has 2 unspecified atom stereocenters. The summed E-state index contributed by atoms with van der Waals surface area (Å²) in [5.41, 5.74) is 3.16. The maximum atomic E-state index is 5.92. The van der Waals surface area contributed by atoms with Crippen LogP contribution in [0.1, 0.15) is 37.3 Å². The SMILES string of the molecule is CNc1nc(C2CCC(C)O2)nc(-c2ccccc2)c1C. The third kappa shape index (κ3) is 2.76. The van der Waals surface area contributed by atoms with Crippen molar-refractivity contribution in [3.8, 4) is 11.3 Å². The third-order valence-electron chi connectivity index (χ3n) is 3.97. The Labute approximate surface area is 125 Å². The number of hydrogen-bond donors (Lipinski definition) is 1. The Balaban J connectivity index is 2.07. The topological polar surface area (TPSA) is 47.0 Å². The first-order chi connectivity index (χ1) is 10.2. The monoisotopic (exact) mass is 283 g/mol. The lowest BCUT2D eigenvalue weighted by Gasteiger charge is -2.16. The van der Waals surface area contributed by atoms with Gasteiger partial charge in [0.15, 0.2) is 5.82 Å². The second kappa shape index (κ2) is 5.82. The molecule has 110 valence electrons. The summed E-state index contributed by atoms with van der Waals surface area (Å²) in [6.45, 7) is 4.15. The smallest absolute Gasteiger partial charge is 0.160 e. The number of anilines is 1. The van der Waals surface area contributed by atoms with E-state index in [1.807, 2.05) is 25.2 Å². The van der Waals surface area contributed by atoms with Crippen molar-refractivity contribution in [1.29, 1.82) is 0 Å². The van der Waals surface area contributed by atoms with Crippen molar-refractivity contribution >= 4 is 5.82 Å². The molecule has 4 heteroatoms. The van der Waals surface area contributed by atoms with Crippen molar-refractivity contribution in [1.82, 2.24) is 9.97 Å². The maximum absolute atomic E-state index is 5.92. The fourth-order valence-corrected chi connectivity index (χ4v) is 2.79. The predicted octanol–water partition coefficient (Wildman–Crippen LogP) is 3.73. The van der Waals surface area contributed by atoms with E-state index in [1.165, 1.54) is 0 Å². The average molecular weight is 283 g/mol. The van der Waals surface area contributed by atoms with Crippen LogP contribution >= 0.6 is 0 Å². The summed E-state index contributed by atoms with van der Waals surface area (Å²) in [5, 5.41) is 3.17. The van der Waals surface area contributed by atoms with Gasteiger partial charge in [-0.25, -0.2) is 9.97 Å². The van der Waals surface area contributed by atoms with Crippen molar-refractivity contribution in [2.75, 3.05) is 12.4 Å². The van der Waals surface area contributed by atoms with Gasteiger partial charge in [0.05, 0.1) is 11.8 Å². The van der Waals surface area contributed by atoms with Gasteiger partial charge in [0.2, 0.25) is 0 Å². The van der Waals surface area contributed by atoms with Gasteiger partial charge in [-0.3, -0.25) is 0 Å². The van der Waals surface area contributed by atoms with Crippen LogP contribution in [0.4, 0.5) is 5.82 Å². The Hall–Kier alpha value is -1.94. The third-order valence-corrected chi connectivity index (χ3v) is 3.97. The van der Waals surface area contributed by atoms with E-state index >= 15 is 0 Å². The highest BCUT2D eigenvalue weighted by Crippen LogP contribution is 2.34. The highest BCUT2D eigenvalue weighted by Gasteiger charge is 2.27. The number of hydrogen-bond acceptors (Lipinski definition) is 4. The highest BCUT2D eigenvalue weighted by atomic mass is 16.5. The summed E-state index contributed by atoms with van der Waals surface area (Å²) < 4.78 is 5.92. The molecule has 0 bridgehead atoms. The molecule has 0 amide bonds. The zero-order valence-electron chi connectivity index (χ0n) is 12.8. The van der Waals surface area contributed by atoms with Gasteiger partial charge in [0.1, 0.15) is 11.9 Å². The summed E-state index contributed by atoms with van der Waals surface area (Å²) >= 11 is 0. The van der Waals surface area contributed by atoms with Crippen LogP contribution < -0.4 is 5.32 Å². The normalized spacial score (nSPS) is 21.5. The minimum Gasteiger partial charge on any atom is -0.373 e. The molecule has 21 heavy (non-hydrogen) atoms. The zero-order valence-corrected chi connectivity index (χ0v) is 12.8. The Bertz CT molecular complexity index is 627. The Morgan fingerprint density at radius 2 is 1.90 bits per heavy atom. The first-order valence-corrected chi connectivity index (χ1v) is 7.46. The molecule has 1 aromatic heterocycles. The van der Waals surface area contributed by atoms with Gasteiger partial charge in [0.25, 0.3) is 0 Å². The fraction of sp³-hybridized carbons (Fsp3) is 0.412. The molecule has 1 aromatic carbocycles. The Morgan fingerprint density at radius 3 is 2.52 bits per heavy atom. The van der Waals surface area contributed by atoms with Crippen molar-refractivity contribution in [2.45, 2.75) is 38.9 Å². The molecule has 3 rings (SSSR count). The predicted molar refractivity (Wildman–Crippen MR) is 84.3 cm³/mol. The summed E-state index contributed by atoms with van der Waals surface area (Å²) in [6.07, 6.45) is 2.35. The van der Waals surface area contributed by atoms with Gasteiger partial charge in [-0.05, 0) is 26.7 Å². The van der Waals surface area contributed by atoms with Crippen LogP contribution in [-0.2, 0) is 4.74 Å². The van der Waals surface area contributed by atoms with Gasteiger partial charge in [-0.1, -0.05) is 30.3 Å². The molecule has 2 aromatic rings. The molecule has 2 atom stereocenters. The minimum atomic E-state index is 0.00941. The van der Waals surface area contributed by atoms with E-state index < -0.39 is 0 Å². The maximum Gasteiger partial charge on any atom is 0.160 e. The molecule has 2 heterocycles. The number of ether oxygens (including phenoxy) is 1. The van der Waals surface area contributed by atoms with Gasteiger partial charge < -0.3 is 10.1 Å². The molecule has 1 N–H and O–H groups in total. The van der Waals surface area contributed by atoms with E-state index in [1.54, 1.807) is 0 Å². The van der Waals surface area contributed by atoms with Crippen LogP contribution in [0.25, 0.3) is 11.3 Å². The number of rotatable bonds is 3. The van der Waals surface area contributed by atoms with Crippen LogP contribution in [0, 0.1) is 6.92 Å². The van der Waals surface area contributed by atoms with E-state index in [2.05, 4.69) is 36.3 Å². The van der Waals surface area contributed by atoms with Gasteiger partial charge in [0, 0.05) is 18.2 Å². The van der Waals surface area contributed by atoms with Gasteiger partial charge in [-0.2, -0.15) is 0 Å². The minimum absolute atomic E-state index is 0.00941. The first-order valence-electron chi connectivity index (χ1n) is 7.46. The summed E-state index contributed by atoms with van der Waals surface area (Å²) in [4.78, 5) is 9.44. The molecular weight excluding hydrogens is 262 g/mol. The molecule has 0 saturated carbocycles. The molecule has 1 aliphatic rings. The summed E-state index contributed by atoms with van der Waals surface area (Å²) in [5.74, 6) is 1.66. The molecule has 4 nitrogen and oxygen atoms in total. The number of nitrogens with zero attached hydrogens (tertiary/aromatic N) is 2. The lowest BCUT2D eigenvalue weighted by Crippen LogP contribution is -2.10. The molecule has 0 aliphatic carbocycles. The van der Waals surface area contributed by atoms with Crippen LogP contribution in [-0.4, -0.2) is 23.1 Å². The second-order valence-corrected chi connectivity index (χ2v) is 5.53. The lowest BCUT2D eigenvalue weighted by atomic mass is 10.1. The fourth-order valence-electron chi connectivity index (χ4n) is 2.79. The van der Waals surface area contributed by atoms with Crippen molar-refractivity contribution < 1.29 is 4.74 Å². The van der Waals surface area contributed by atoms with Crippen molar-refractivity contribution in [2.24, 2.45) is 0 Å². The van der Waals surface area contributed by atoms with Crippen LogP contribution in [0.2, 0.25) is 0 Å². The van der Waals surface area contributed by atoms with E-state index in [-0.39, 0.29) is 12.2 Å². The van der Waals surface area contributed by atoms with E-state index in [4.69, 9.17) is 9.72 Å². The Kier molecular flexibility index (Phi) is 3.88. The van der Waals surface area contributed by atoms with Gasteiger partial charge in [-0.15, -0.1) is 0 Å². The average Bonchev–Trinajstić information content (AvgIpc) is 2.95. The van der Waals surface area contributed by atoms with Crippen molar-refractivity contribution in [3.63, 3.8) is 0 Å². The largest absolute Gasteiger partial charge is 0.373 e. The number of benzene rings is 1. The Morgan fingerprint density at radius 1 is 1.14 bits per heavy atom. The van der Waals surface area contributed by atoms with Crippen LogP contribution in [0.15, 0.2) is 30.3 Å². The standard InChI is InChI=1S/C17H21N3O/c1-11-9-10-14(21-11)17-19-15(12(2)16(18-3)20-17)13-7-5-4-6-8-13/h4-8,11,14H,9-10H2,1-3H3,(H,18,19,20). The molecule has 1 fully saturated rings. The van der Waals surface area contributed by atoms with Crippen molar-refractivity contribution in [3.05, 3.63) is 41.7 Å². The van der Waals surface area contributed by atoms with E-state index in [0.717, 1.165) is 41.3 Å². The van der Waals surface area contributed by atoms with Crippen LogP contribution in [0.5, 0.6) is 0 Å².